The van der Waals surface area contributed by atoms with Crippen LogP contribution < -0.4 is 19.5 Å². The van der Waals surface area contributed by atoms with Crippen LogP contribution in [0.5, 0.6) is 17.2 Å². The quantitative estimate of drug-likeness (QED) is 0.917. The van der Waals surface area contributed by atoms with E-state index in [4.69, 9.17) is 14.2 Å². The summed E-state index contributed by atoms with van der Waals surface area (Å²) >= 11 is 1.40. The lowest BCUT2D eigenvalue weighted by atomic mass is 10.1. The molecule has 0 saturated heterocycles. The van der Waals surface area contributed by atoms with E-state index in [0.29, 0.717) is 28.6 Å². The number of thiazole rings is 1. The summed E-state index contributed by atoms with van der Waals surface area (Å²) in [6.07, 6.45) is 0. The first-order valence-electron chi connectivity index (χ1n) is 5.69. The van der Waals surface area contributed by atoms with Crippen LogP contribution >= 0.6 is 11.3 Å². The van der Waals surface area contributed by atoms with Gasteiger partial charge in [0.15, 0.2) is 11.5 Å². The zero-order valence-electron chi connectivity index (χ0n) is 11.3. The maximum Gasteiger partial charge on any atom is 0.260 e. The Labute approximate surface area is 120 Å². The predicted molar refractivity (Wildman–Crippen MR) is 76.2 cm³/mol. The Hall–Kier alpha value is -2.28. The van der Waals surface area contributed by atoms with Crippen LogP contribution in [0.25, 0.3) is 0 Å². The highest BCUT2D eigenvalue weighted by Gasteiger charge is 2.18. The van der Waals surface area contributed by atoms with Gasteiger partial charge in [0.1, 0.15) is 11.6 Å². The number of hydrogen-bond donors (Lipinski definition) is 1. The van der Waals surface area contributed by atoms with Gasteiger partial charge in [-0.05, 0) is 0 Å². The number of ether oxygens (including phenoxy) is 3. The molecule has 6 nitrogen and oxygen atoms in total. The number of nitrogens with one attached hydrogen (secondary N) is 1. The normalized spacial score (nSPS) is 9.95. The molecule has 0 atom stereocenters. The third-order valence-electron chi connectivity index (χ3n) is 2.62. The summed E-state index contributed by atoms with van der Waals surface area (Å²) in [5.74, 6) is 1.52. The Morgan fingerprint density at radius 1 is 1.10 bits per heavy atom. The molecular formula is C13H14N2O4S. The summed E-state index contributed by atoms with van der Waals surface area (Å²) in [7, 11) is 4.51. The zero-order chi connectivity index (χ0) is 14.5. The lowest BCUT2D eigenvalue weighted by molar-refractivity contribution is 0.102. The average molecular weight is 294 g/mol. The third-order valence-corrected chi connectivity index (χ3v) is 3.21. The second kappa shape index (κ2) is 6.25. The molecule has 7 heteroatoms. The Balaban J connectivity index is 2.36. The van der Waals surface area contributed by atoms with Gasteiger partial charge < -0.3 is 19.5 Å². The minimum atomic E-state index is -0.325. The monoisotopic (exact) mass is 294 g/mol. The lowest BCUT2D eigenvalue weighted by Crippen LogP contribution is -2.13. The molecule has 0 spiro atoms. The molecule has 0 bridgehead atoms. The second-order valence-electron chi connectivity index (χ2n) is 3.74. The van der Waals surface area contributed by atoms with Crippen molar-refractivity contribution in [1.82, 2.24) is 4.98 Å². The predicted octanol–water partition coefficient (Wildman–Crippen LogP) is 2.42. The topological polar surface area (TPSA) is 69.7 Å². The molecule has 106 valence electrons. The standard InChI is InChI=1S/C13H14N2O4S/c1-17-9-5-11(19-3)10(18-2)4-8(9)13(16)15-12-6-20-7-14-12/h4-7H,1-3H3,(H,15,16). The van der Waals surface area contributed by atoms with E-state index < -0.39 is 0 Å². The van der Waals surface area contributed by atoms with Gasteiger partial charge in [-0.2, -0.15) is 0 Å². The van der Waals surface area contributed by atoms with Crippen molar-refractivity contribution >= 4 is 23.1 Å². The SMILES string of the molecule is COc1cc(OC)c(C(=O)Nc2cscn2)cc1OC. The van der Waals surface area contributed by atoms with E-state index in [1.165, 1.54) is 32.7 Å². The van der Waals surface area contributed by atoms with Crippen LogP contribution in [0.1, 0.15) is 10.4 Å². The number of amides is 1. The van der Waals surface area contributed by atoms with Crippen LogP contribution in [0, 0.1) is 0 Å². The Bertz CT molecular complexity index is 599. The average Bonchev–Trinajstić information content (AvgIpc) is 2.98. The second-order valence-corrected chi connectivity index (χ2v) is 4.45. The smallest absolute Gasteiger partial charge is 0.260 e. The van der Waals surface area contributed by atoms with Gasteiger partial charge in [-0.25, -0.2) is 4.98 Å². The molecule has 0 aliphatic carbocycles. The molecule has 1 N–H and O–H groups in total. The Morgan fingerprint density at radius 3 is 2.30 bits per heavy atom. The molecule has 0 saturated carbocycles. The summed E-state index contributed by atoms with van der Waals surface area (Å²) in [6, 6.07) is 3.17. The van der Waals surface area contributed by atoms with E-state index in [-0.39, 0.29) is 5.91 Å². The van der Waals surface area contributed by atoms with Gasteiger partial charge >= 0.3 is 0 Å². The summed E-state index contributed by atoms with van der Waals surface area (Å²) in [5, 5.41) is 4.43. The maximum atomic E-state index is 12.2. The molecule has 0 aliphatic rings. The van der Waals surface area contributed by atoms with E-state index >= 15 is 0 Å². The van der Waals surface area contributed by atoms with Crippen molar-refractivity contribution < 1.29 is 19.0 Å². The van der Waals surface area contributed by atoms with E-state index in [1.54, 1.807) is 23.0 Å². The van der Waals surface area contributed by atoms with Crippen LogP contribution in [0.15, 0.2) is 23.0 Å². The van der Waals surface area contributed by atoms with Crippen molar-refractivity contribution in [3.05, 3.63) is 28.6 Å². The van der Waals surface area contributed by atoms with E-state index in [1.807, 2.05) is 0 Å². The van der Waals surface area contributed by atoms with Crippen LogP contribution in [0.3, 0.4) is 0 Å². The van der Waals surface area contributed by atoms with E-state index in [2.05, 4.69) is 10.3 Å². The van der Waals surface area contributed by atoms with Crippen molar-refractivity contribution in [2.75, 3.05) is 26.6 Å². The molecule has 0 unspecified atom stereocenters. The third kappa shape index (κ3) is 2.83. The van der Waals surface area contributed by atoms with Crippen LogP contribution in [-0.2, 0) is 0 Å². The molecule has 0 radical (unpaired) electrons. The van der Waals surface area contributed by atoms with Gasteiger partial charge in [0, 0.05) is 17.5 Å². The number of rotatable bonds is 5. The van der Waals surface area contributed by atoms with Gasteiger partial charge in [-0.15, -0.1) is 11.3 Å². The number of carbonyl (C=O) groups excluding carboxylic acids is 1. The number of benzene rings is 1. The molecule has 2 aromatic rings. The Kier molecular flexibility index (Phi) is 4.41. The molecular weight excluding hydrogens is 280 g/mol. The van der Waals surface area contributed by atoms with Crippen LogP contribution in [-0.4, -0.2) is 32.2 Å². The Morgan fingerprint density at radius 2 is 1.75 bits per heavy atom. The number of carbonyl (C=O) groups is 1. The fraction of sp³-hybridized carbons (Fsp3) is 0.231. The summed E-state index contributed by atoms with van der Waals surface area (Å²) < 4.78 is 15.6. The minimum absolute atomic E-state index is 0.325. The molecule has 0 fully saturated rings. The lowest BCUT2D eigenvalue weighted by Gasteiger charge is -2.13. The maximum absolute atomic E-state index is 12.2. The van der Waals surface area contributed by atoms with Gasteiger partial charge in [0.25, 0.3) is 5.91 Å². The molecule has 1 aromatic heterocycles. The minimum Gasteiger partial charge on any atom is -0.496 e. The first kappa shape index (κ1) is 14.1. The van der Waals surface area contributed by atoms with Gasteiger partial charge in [0.05, 0.1) is 32.4 Å². The summed E-state index contributed by atoms with van der Waals surface area (Å²) in [6.45, 7) is 0. The zero-order valence-corrected chi connectivity index (χ0v) is 12.1. The first-order chi connectivity index (χ1) is 9.69. The van der Waals surface area contributed by atoms with Gasteiger partial charge in [0.2, 0.25) is 0 Å². The van der Waals surface area contributed by atoms with Crippen LogP contribution in [0.4, 0.5) is 5.82 Å². The number of nitrogens with zero attached hydrogens (tertiary/aromatic N) is 1. The van der Waals surface area contributed by atoms with Crippen molar-refractivity contribution in [2.45, 2.75) is 0 Å². The fourth-order valence-corrected chi connectivity index (χ4v) is 2.15. The summed E-state index contributed by atoms with van der Waals surface area (Å²) in [4.78, 5) is 16.2. The number of hydrogen-bond acceptors (Lipinski definition) is 6. The summed E-state index contributed by atoms with van der Waals surface area (Å²) in [5.41, 5.74) is 1.99. The largest absolute Gasteiger partial charge is 0.496 e. The number of anilines is 1. The van der Waals surface area contributed by atoms with Crippen molar-refractivity contribution in [3.63, 3.8) is 0 Å². The molecule has 1 aromatic carbocycles. The van der Waals surface area contributed by atoms with Crippen molar-refractivity contribution in [2.24, 2.45) is 0 Å². The fourth-order valence-electron chi connectivity index (χ4n) is 1.66. The van der Waals surface area contributed by atoms with Crippen molar-refractivity contribution in [1.29, 1.82) is 0 Å². The van der Waals surface area contributed by atoms with Crippen molar-refractivity contribution in [3.8, 4) is 17.2 Å². The highest BCUT2D eigenvalue weighted by molar-refractivity contribution is 7.07. The molecule has 0 aliphatic heterocycles. The van der Waals surface area contributed by atoms with E-state index in [9.17, 15) is 4.79 Å². The molecule has 2 rings (SSSR count). The van der Waals surface area contributed by atoms with Gasteiger partial charge in [-0.1, -0.05) is 0 Å². The van der Waals surface area contributed by atoms with Gasteiger partial charge in [-0.3, -0.25) is 4.79 Å². The van der Waals surface area contributed by atoms with Crippen LogP contribution in [0.2, 0.25) is 0 Å². The molecule has 1 amide bonds. The highest BCUT2D eigenvalue weighted by atomic mass is 32.1. The first-order valence-corrected chi connectivity index (χ1v) is 6.63. The molecule has 20 heavy (non-hydrogen) atoms. The van der Waals surface area contributed by atoms with E-state index in [0.717, 1.165) is 0 Å². The number of aromatic nitrogens is 1. The highest BCUT2D eigenvalue weighted by Crippen LogP contribution is 2.34. The molecule has 1 heterocycles. The number of methoxy groups -OCH3 is 3.